The van der Waals surface area contributed by atoms with Gasteiger partial charge < -0.3 is 10.6 Å². The number of nitrogens with one attached hydrogen (secondary N) is 2. The number of nitrogens with zero attached hydrogens (tertiary/aromatic N) is 2. The van der Waals surface area contributed by atoms with Crippen LogP contribution in [0, 0.1) is 13.8 Å². The fourth-order valence-corrected chi connectivity index (χ4v) is 2.26. The van der Waals surface area contributed by atoms with Gasteiger partial charge in [-0.1, -0.05) is 30.3 Å². The van der Waals surface area contributed by atoms with Crippen molar-refractivity contribution in [2.75, 3.05) is 5.32 Å². The summed E-state index contributed by atoms with van der Waals surface area (Å²) >= 11 is 0. The molecule has 2 aromatic carbocycles. The Morgan fingerprint density at radius 1 is 0.957 bits per heavy atom. The molecule has 3 aromatic rings. The normalized spacial score (nSPS) is 10.5. The monoisotopic (exact) mass is 306 g/mol. The molecule has 23 heavy (non-hydrogen) atoms. The van der Waals surface area contributed by atoms with Gasteiger partial charge in [-0.05, 0) is 37.6 Å². The summed E-state index contributed by atoms with van der Waals surface area (Å²) in [7, 11) is 0. The van der Waals surface area contributed by atoms with Crippen LogP contribution in [0.15, 0.2) is 48.5 Å². The number of hydrogen-bond donors (Lipinski definition) is 2. The van der Waals surface area contributed by atoms with Crippen LogP contribution in [0.5, 0.6) is 0 Å². The van der Waals surface area contributed by atoms with E-state index in [1.165, 1.54) is 0 Å². The molecule has 0 bridgehead atoms. The Labute approximate surface area is 134 Å². The van der Waals surface area contributed by atoms with Crippen molar-refractivity contribution < 1.29 is 4.79 Å². The lowest BCUT2D eigenvalue weighted by Gasteiger charge is -2.09. The highest BCUT2D eigenvalue weighted by molar-refractivity contribution is 5.91. The van der Waals surface area contributed by atoms with Crippen molar-refractivity contribution in [3.8, 4) is 0 Å². The summed E-state index contributed by atoms with van der Waals surface area (Å²) in [6.07, 6.45) is 0. The van der Waals surface area contributed by atoms with Crippen LogP contribution >= 0.6 is 0 Å². The lowest BCUT2D eigenvalue weighted by molar-refractivity contribution is 0.251. The fourth-order valence-electron chi connectivity index (χ4n) is 2.26. The maximum atomic E-state index is 12.0. The van der Waals surface area contributed by atoms with Crippen LogP contribution in [-0.4, -0.2) is 16.0 Å². The zero-order chi connectivity index (χ0) is 16.2. The number of aryl methyl sites for hydroxylation is 2. The van der Waals surface area contributed by atoms with Crippen molar-refractivity contribution in [3.63, 3.8) is 0 Å². The van der Waals surface area contributed by atoms with E-state index in [0.717, 1.165) is 28.0 Å². The molecular formula is C18H18N4O. The average Bonchev–Trinajstić information content (AvgIpc) is 2.55. The van der Waals surface area contributed by atoms with E-state index in [9.17, 15) is 4.79 Å². The summed E-state index contributed by atoms with van der Waals surface area (Å²) in [5.41, 5.74) is 5.15. The minimum Gasteiger partial charge on any atom is -0.334 e. The number of aromatic nitrogens is 2. The molecule has 0 aliphatic carbocycles. The molecule has 0 saturated carbocycles. The van der Waals surface area contributed by atoms with Crippen LogP contribution in [0.1, 0.15) is 17.0 Å². The minimum absolute atomic E-state index is 0.245. The first-order valence-corrected chi connectivity index (χ1v) is 7.45. The second-order valence-corrected chi connectivity index (χ2v) is 5.39. The van der Waals surface area contributed by atoms with Crippen LogP contribution in [0.4, 0.5) is 10.5 Å². The molecule has 0 atom stereocenters. The largest absolute Gasteiger partial charge is 0.334 e. The van der Waals surface area contributed by atoms with Gasteiger partial charge in [0.15, 0.2) is 0 Å². The van der Waals surface area contributed by atoms with E-state index in [4.69, 9.17) is 0 Å². The van der Waals surface area contributed by atoms with Crippen LogP contribution in [0.2, 0.25) is 0 Å². The number of carbonyl (C=O) groups excluding carboxylic acids is 1. The molecule has 0 aliphatic rings. The maximum absolute atomic E-state index is 12.0. The van der Waals surface area contributed by atoms with E-state index >= 15 is 0 Å². The number of anilines is 1. The molecular weight excluding hydrogens is 288 g/mol. The number of fused-ring (bicyclic) bond motifs is 1. The highest BCUT2D eigenvalue weighted by atomic mass is 16.2. The predicted octanol–water partition coefficient (Wildman–Crippen LogP) is 3.57. The zero-order valence-corrected chi connectivity index (χ0v) is 13.1. The van der Waals surface area contributed by atoms with Gasteiger partial charge in [0.05, 0.1) is 22.4 Å². The van der Waals surface area contributed by atoms with E-state index in [-0.39, 0.29) is 6.03 Å². The van der Waals surface area contributed by atoms with Gasteiger partial charge in [-0.15, -0.1) is 0 Å². The molecule has 2 amide bonds. The summed E-state index contributed by atoms with van der Waals surface area (Å²) in [5.74, 6) is 0. The van der Waals surface area contributed by atoms with Gasteiger partial charge in [0.25, 0.3) is 0 Å². The first-order chi connectivity index (χ1) is 11.1. The molecule has 0 fully saturated rings. The second-order valence-electron chi connectivity index (χ2n) is 5.39. The molecule has 2 N–H and O–H groups in total. The van der Waals surface area contributed by atoms with Crippen molar-refractivity contribution in [1.29, 1.82) is 0 Å². The highest BCUT2D eigenvalue weighted by Gasteiger charge is 2.05. The lowest BCUT2D eigenvalue weighted by Crippen LogP contribution is -2.28. The van der Waals surface area contributed by atoms with E-state index in [2.05, 4.69) is 20.6 Å². The Morgan fingerprint density at radius 2 is 1.65 bits per heavy atom. The van der Waals surface area contributed by atoms with Crippen molar-refractivity contribution >= 4 is 22.8 Å². The van der Waals surface area contributed by atoms with Crippen LogP contribution < -0.4 is 10.6 Å². The minimum atomic E-state index is -0.245. The number of hydrogen-bond acceptors (Lipinski definition) is 3. The molecule has 0 unspecified atom stereocenters. The maximum Gasteiger partial charge on any atom is 0.319 e. The van der Waals surface area contributed by atoms with Crippen LogP contribution in [0.3, 0.4) is 0 Å². The lowest BCUT2D eigenvalue weighted by atomic mass is 10.2. The van der Waals surface area contributed by atoms with Crippen LogP contribution in [0.25, 0.3) is 11.0 Å². The van der Waals surface area contributed by atoms with Crippen molar-refractivity contribution in [2.45, 2.75) is 20.4 Å². The first kappa shape index (κ1) is 15.0. The first-order valence-electron chi connectivity index (χ1n) is 7.45. The van der Waals surface area contributed by atoms with Gasteiger partial charge in [-0.3, -0.25) is 0 Å². The smallest absolute Gasteiger partial charge is 0.319 e. The van der Waals surface area contributed by atoms with Gasteiger partial charge in [-0.2, -0.15) is 0 Å². The number of urea groups is 1. The molecule has 0 saturated heterocycles. The Hall–Kier alpha value is -2.95. The molecule has 1 heterocycles. The molecule has 5 nitrogen and oxygen atoms in total. The van der Waals surface area contributed by atoms with Gasteiger partial charge in [-0.25, -0.2) is 14.8 Å². The summed E-state index contributed by atoms with van der Waals surface area (Å²) in [6.45, 7) is 4.35. The topological polar surface area (TPSA) is 66.9 Å². The molecule has 3 rings (SSSR count). The third-order valence-electron chi connectivity index (χ3n) is 3.63. The third kappa shape index (κ3) is 3.63. The van der Waals surface area contributed by atoms with Gasteiger partial charge >= 0.3 is 6.03 Å². The van der Waals surface area contributed by atoms with Crippen molar-refractivity contribution in [2.24, 2.45) is 0 Å². The fraction of sp³-hybridized carbons (Fsp3) is 0.167. The number of amides is 2. The highest BCUT2D eigenvalue weighted by Crippen LogP contribution is 2.17. The Kier molecular flexibility index (Phi) is 4.19. The van der Waals surface area contributed by atoms with E-state index in [1.807, 2.05) is 62.4 Å². The van der Waals surface area contributed by atoms with Gasteiger partial charge in [0, 0.05) is 12.2 Å². The van der Waals surface area contributed by atoms with E-state index in [1.54, 1.807) is 0 Å². The Morgan fingerprint density at radius 3 is 2.39 bits per heavy atom. The Bertz CT molecular complexity index is 846. The van der Waals surface area contributed by atoms with E-state index < -0.39 is 0 Å². The second kappa shape index (κ2) is 6.44. The Balaban J connectivity index is 1.68. The molecule has 0 aliphatic heterocycles. The van der Waals surface area contributed by atoms with Crippen LogP contribution in [-0.2, 0) is 6.54 Å². The number of rotatable bonds is 3. The van der Waals surface area contributed by atoms with E-state index in [0.29, 0.717) is 12.2 Å². The number of benzene rings is 2. The summed E-state index contributed by atoms with van der Waals surface area (Å²) in [6, 6.07) is 15.1. The molecule has 0 spiro atoms. The van der Waals surface area contributed by atoms with Crippen molar-refractivity contribution in [3.05, 3.63) is 65.5 Å². The molecule has 0 radical (unpaired) electrons. The summed E-state index contributed by atoms with van der Waals surface area (Å²) < 4.78 is 0. The average molecular weight is 306 g/mol. The molecule has 1 aromatic heterocycles. The third-order valence-corrected chi connectivity index (χ3v) is 3.63. The summed E-state index contributed by atoms with van der Waals surface area (Å²) in [5, 5.41) is 5.65. The quantitative estimate of drug-likeness (QED) is 0.777. The molecule has 116 valence electrons. The summed E-state index contributed by atoms with van der Waals surface area (Å²) in [4.78, 5) is 21.0. The SMILES string of the molecule is Cc1nc2ccc(NC(=O)NCc3ccccc3)cc2nc1C. The standard InChI is InChI=1S/C18H18N4O/c1-12-13(2)21-17-10-15(8-9-16(17)20-12)22-18(23)19-11-14-6-4-3-5-7-14/h3-10H,11H2,1-2H3,(H2,19,22,23). The van der Waals surface area contributed by atoms with Gasteiger partial charge in [0.1, 0.15) is 0 Å². The zero-order valence-electron chi connectivity index (χ0n) is 13.1. The molecule has 5 heteroatoms. The predicted molar refractivity (Wildman–Crippen MR) is 91.3 cm³/mol. The number of carbonyl (C=O) groups is 1. The van der Waals surface area contributed by atoms with Crippen molar-refractivity contribution in [1.82, 2.24) is 15.3 Å². The van der Waals surface area contributed by atoms with Gasteiger partial charge in [0.2, 0.25) is 0 Å².